The first kappa shape index (κ1) is 14.9. The number of anilines is 1. The van der Waals surface area contributed by atoms with E-state index in [1.54, 1.807) is 7.11 Å². The molecule has 0 fully saturated rings. The molecule has 0 saturated heterocycles. The third-order valence-electron chi connectivity index (χ3n) is 2.28. The lowest BCUT2D eigenvalue weighted by Gasteiger charge is -2.07. The van der Waals surface area contributed by atoms with Crippen molar-refractivity contribution in [3.05, 3.63) is 23.8 Å². The summed E-state index contributed by atoms with van der Waals surface area (Å²) < 4.78 is 4.81. The highest BCUT2D eigenvalue weighted by Gasteiger charge is 2.10. The summed E-state index contributed by atoms with van der Waals surface area (Å²) in [5.74, 6) is -1.91. The van der Waals surface area contributed by atoms with Gasteiger partial charge in [-0.05, 0) is 12.1 Å². The molecule has 7 nitrogen and oxygen atoms in total. The Balaban J connectivity index is 2.51. The Labute approximate surface area is 110 Å². The molecule has 104 valence electrons. The van der Waals surface area contributed by atoms with Gasteiger partial charge in [-0.1, -0.05) is 0 Å². The molecule has 7 heteroatoms. The van der Waals surface area contributed by atoms with Gasteiger partial charge in [0.25, 0.3) is 0 Å². The van der Waals surface area contributed by atoms with E-state index in [-0.39, 0.29) is 18.0 Å². The molecule has 0 heterocycles. The fraction of sp³-hybridized carbons (Fsp3) is 0.333. The van der Waals surface area contributed by atoms with Crippen LogP contribution in [-0.2, 0) is 9.53 Å². The molecule has 0 aliphatic heterocycles. The average molecular weight is 268 g/mol. The summed E-state index contributed by atoms with van der Waals surface area (Å²) in [6, 6.07) is 3.83. The molecule has 0 aliphatic carbocycles. The van der Waals surface area contributed by atoms with Crippen molar-refractivity contribution in [1.29, 1.82) is 0 Å². The normalized spacial score (nSPS) is 10.2. The smallest absolute Gasteiger partial charge is 0.339 e. The van der Waals surface area contributed by atoms with E-state index in [4.69, 9.17) is 9.84 Å². The first-order valence-corrected chi connectivity index (χ1v) is 5.60. The predicted molar refractivity (Wildman–Crippen MR) is 68.4 cm³/mol. The van der Waals surface area contributed by atoms with E-state index in [2.05, 4.69) is 10.6 Å². The monoisotopic (exact) mass is 268 g/mol. The number of rotatable bonds is 7. The van der Waals surface area contributed by atoms with Crippen LogP contribution >= 0.6 is 0 Å². The average Bonchev–Trinajstić information content (AvgIpc) is 2.34. The molecule has 19 heavy (non-hydrogen) atoms. The highest BCUT2D eigenvalue weighted by molar-refractivity contribution is 5.95. The molecule has 1 aromatic rings. The number of carbonyl (C=O) groups is 2. The minimum absolute atomic E-state index is 0.102. The first-order chi connectivity index (χ1) is 9.04. The highest BCUT2D eigenvalue weighted by atomic mass is 16.5. The number of carboxylic acid groups (broad SMARTS) is 1. The van der Waals surface area contributed by atoms with E-state index in [0.717, 1.165) is 0 Å². The number of phenols is 1. The zero-order valence-electron chi connectivity index (χ0n) is 10.5. The minimum atomic E-state index is -1.23. The lowest BCUT2D eigenvalue weighted by Crippen LogP contribution is -2.30. The SMILES string of the molecule is COCCNCC(=O)Nc1ccc(C(=O)O)c(O)c1. The quantitative estimate of drug-likeness (QED) is 0.528. The van der Waals surface area contributed by atoms with Gasteiger partial charge in [0.1, 0.15) is 11.3 Å². The van der Waals surface area contributed by atoms with Gasteiger partial charge in [0.2, 0.25) is 5.91 Å². The molecule has 1 aromatic carbocycles. The van der Waals surface area contributed by atoms with Crippen LogP contribution < -0.4 is 10.6 Å². The molecule has 0 spiro atoms. The Hall–Kier alpha value is -2.12. The van der Waals surface area contributed by atoms with Crippen molar-refractivity contribution >= 4 is 17.6 Å². The van der Waals surface area contributed by atoms with E-state index >= 15 is 0 Å². The topological polar surface area (TPSA) is 108 Å². The van der Waals surface area contributed by atoms with Crippen molar-refractivity contribution in [1.82, 2.24) is 5.32 Å². The van der Waals surface area contributed by atoms with Crippen LogP contribution in [0.3, 0.4) is 0 Å². The van der Waals surface area contributed by atoms with E-state index in [1.165, 1.54) is 18.2 Å². The highest BCUT2D eigenvalue weighted by Crippen LogP contribution is 2.21. The molecule has 0 aliphatic rings. The summed E-state index contributed by atoms with van der Waals surface area (Å²) in [6.07, 6.45) is 0. The fourth-order valence-electron chi connectivity index (χ4n) is 1.37. The zero-order valence-corrected chi connectivity index (χ0v) is 10.5. The van der Waals surface area contributed by atoms with Gasteiger partial charge in [-0.2, -0.15) is 0 Å². The maximum atomic E-state index is 11.5. The fourth-order valence-corrected chi connectivity index (χ4v) is 1.37. The van der Waals surface area contributed by atoms with Crippen LogP contribution in [0.15, 0.2) is 18.2 Å². The van der Waals surface area contributed by atoms with Crippen LogP contribution in [-0.4, -0.2) is 48.9 Å². The number of aromatic hydroxyl groups is 1. The standard InChI is InChI=1S/C12H16N2O5/c1-19-5-4-13-7-11(16)14-8-2-3-9(12(17)18)10(15)6-8/h2-3,6,13,15H,4-5,7H2,1H3,(H,14,16)(H,17,18). The van der Waals surface area contributed by atoms with Gasteiger partial charge in [0.15, 0.2) is 0 Å². The summed E-state index contributed by atoms with van der Waals surface area (Å²) in [5, 5.41) is 23.6. The Morgan fingerprint density at radius 1 is 1.37 bits per heavy atom. The molecular formula is C12H16N2O5. The summed E-state index contributed by atoms with van der Waals surface area (Å²) in [7, 11) is 1.56. The van der Waals surface area contributed by atoms with Crippen LogP contribution in [0.4, 0.5) is 5.69 Å². The van der Waals surface area contributed by atoms with Crippen molar-refractivity contribution < 1.29 is 24.5 Å². The van der Waals surface area contributed by atoms with Crippen molar-refractivity contribution in [2.45, 2.75) is 0 Å². The van der Waals surface area contributed by atoms with Gasteiger partial charge in [0, 0.05) is 25.4 Å². The maximum Gasteiger partial charge on any atom is 0.339 e. The number of carbonyl (C=O) groups excluding carboxylic acids is 1. The van der Waals surface area contributed by atoms with E-state index in [9.17, 15) is 14.7 Å². The molecule has 0 radical (unpaired) electrons. The van der Waals surface area contributed by atoms with Crippen LogP contribution in [0.2, 0.25) is 0 Å². The van der Waals surface area contributed by atoms with Crippen molar-refractivity contribution in [3.8, 4) is 5.75 Å². The molecule has 0 saturated carbocycles. The number of aromatic carboxylic acids is 1. The second-order valence-corrected chi connectivity index (χ2v) is 3.75. The Kier molecular flexibility index (Phi) is 5.77. The Morgan fingerprint density at radius 2 is 2.11 bits per heavy atom. The van der Waals surface area contributed by atoms with E-state index in [1.807, 2.05) is 0 Å². The summed E-state index contributed by atoms with van der Waals surface area (Å²) in [5.41, 5.74) is 0.122. The van der Waals surface area contributed by atoms with Crippen LogP contribution in [0.5, 0.6) is 5.75 Å². The summed E-state index contributed by atoms with van der Waals surface area (Å²) in [4.78, 5) is 22.2. The second kappa shape index (κ2) is 7.34. The molecule has 4 N–H and O–H groups in total. The van der Waals surface area contributed by atoms with Crippen LogP contribution in [0.1, 0.15) is 10.4 Å². The first-order valence-electron chi connectivity index (χ1n) is 5.60. The number of ether oxygens (including phenoxy) is 1. The third-order valence-corrected chi connectivity index (χ3v) is 2.28. The zero-order chi connectivity index (χ0) is 14.3. The molecule has 0 unspecified atom stereocenters. The largest absolute Gasteiger partial charge is 0.507 e. The summed E-state index contributed by atoms with van der Waals surface area (Å²) in [6.45, 7) is 1.15. The summed E-state index contributed by atoms with van der Waals surface area (Å²) >= 11 is 0. The van der Waals surface area contributed by atoms with E-state index in [0.29, 0.717) is 18.8 Å². The van der Waals surface area contributed by atoms with Gasteiger partial charge >= 0.3 is 5.97 Å². The van der Waals surface area contributed by atoms with Gasteiger partial charge in [0.05, 0.1) is 13.2 Å². The van der Waals surface area contributed by atoms with Crippen LogP contribution in [0.25, 0.3) is 0 Å². The molecular weight excluding hydrogens is 252 g/mol. The minimum Gasteiger partial charge on any atom is -0.507 e. The molecule has 0 atom stereocenters. The molecule has 0 aromatic heterocycles. The predicted octanol–water partition coefficient (Wildman–Crippen LogP) is 0.265. The molecule has 1 amide bonds. The number of hydrogen-bond donors (Lipinski definition) is 4. The Morgan fingerprint density at radius 3 is 2.68 bits per heavy atom. The van der Waals surface area contributed by atoms with Crippen LogP contribution in [0, 0.1) is 0 Å². The lowest BCUT2D eigenvalue weighted by atomic mass is 10.2. The van der Waals surface area contributed by atoms with Crippen molar-refractivity contribution in [2.75, 3.05) is 32.1 Å². The Bertz CT molecular complexity index is 461. The van der Waals surface area contributed by atoms with Gasteiger partial charge < -0.3 is 25.6 Å². The van der Waals surface area contributed by atoms with Gasteiger partial charge in [-0.3, -0.25) is 4.79 Å². The number of amides is 1. The number of carboxylic acids is 1. The number of methoxy groups -OCH3 is 1. The van der Waals surface area contributed by atoms with Gasteiger partial charge in [-0.15, -0.1) is 0 Å². The number of hydrogen-bond acceptors (Lipinski definition) is 5. The lowest BCUT2D eigenvalue weighted by molar-refractivity contribution is -0.115. The molecule has 1 rings (SSSR count). The molecule has 0 bridgehead atoms. The number of nitrogens with one attached hydrogen (secondary N) is 2. The maximum absolute atomic E-state index is 11.5. The second-order valence-electron chi connectivity index (χ2n) is 3.75. The van der Waals surface area contributed by atoms with Crippen molar-refractivity contribution in [2.24, 2.45) is 0 Å². The van der Waals surface area contributed by atoms with E-state index < -0.39 is 11.7 Å². The van der Waals surface area contributed by atoms with Gasteiger partial charge in [-0.25, -0.2) is 4.79 Å². The van der Waals surface area contributed by atoms with Crippen molar-refractivity contribution in [3.63, 3.8) is 0 Å². The third kappa shape index (κ3) is 4.94. The number of benzene rings is 1.